The number of carbonyl (C=O) groups is 3. The lowest BCUT2D eigenvalue weighted by Crippen LogP contribution is -2.48. The first kappa shape index (κ1) is 30.2. The van der Waals surface area contributed by atoms with E-state index < -0.39 is 11.9 Å². The van der Waals surface area contributed by atoms with Crippen LogP contribution in [0.4, 0.5) is 5.69 Å². The third-order valence-corrected chi connectivity index (χ3v) is 8.48. The molecule has 0 saturated carbocycles. The number of halogens is 1. The lowest BCUT2D eigenvalue weighted by molar-refractivity contribution is -0.140. The minimum atomic E-state index is -0.486. The first-order valence-electron chi connectivity index (χ1n) is 14.5. The Hall–Kier alpha value is -4.30. The summed E-state index contributed by atoms with van der Waals surface area (Å²) in [6, 6.07) is 22.5. The van der Waals surface area contributed by atoms with Gasteiger partial charge in [-0.3, -0.25) is 9.59 Å². The Morgan fingerprint density at radius 3 is 2.28 bits per heavy atom. The standard InChI is InChI=1S/C34H36ClN3O5/c1-4-43-34(41)32-23(2)38(31(39)21-27(32)26-9-5-6-10-28(26)35)22-24-13-15-25(16-14-24)33(40)37-19-17-36(18-20-37)29-11-7-8-12-30(29)42-3/h5-16,27H,4,17-22H2,1-3H3. The van der Waals surface area contributed by atoms with Crippen LogP contribution in [0.3, 0.4) is 0 Å². The highest BCUT2D eigenvalue weighted by Gasteiger charge is 2.37. The summed E-state index contributed by atoms with van der Waals surface area (Å²) in [5.41, 5.74) is 4.19. The van der Waals surface area contributed by atoms with Gasteiger partial charge in [0, 0.05) is 54.8 Å². The van der Waals surface area contributed by atoms with Crippen LogP contribution in [0, 0.1) is 0 Å². The van der Waals surface area contributed by atoms with Gasteiger partial charge in [-0.1, -0.05) is 54.1 Å². The molecular formula is C34H36ClN3O5. The summed E-state index contributed by atoms with van der Waals surface area (Å²) in [5.74, 6) is -0.245. The summed E-state index contributed by atoms with van der Waals surface area (Å²) < 4.78 is 10.9. The van der Waals surface area contributed by atoms with Crippen LogP contribution >= 0.6 is 11.6 Å². The quantitative estimate of drug-likeness (QED) is 0.310. The highest BCUT2D eigenvalue weighted by Crippen LogP contribution is 2.40. The summed E-state index contributed by atoms with van der Waals surface area (Å²) in [6.45, 7) is 6.67. The molecule has 0 N–H and O–H groups in total. The van der Waals surface area contributed by atoms with Gasteiger partial charge in [-0.25, -0.2) is 4.79 Å². The SMILES string of the molecule is CCOC(=O)C1=C(C)N(Cc2ccc(C(=O)N3CCN(c4ccccc4OC)CC3)cc2)C(=O)CC1c1ccccc1Cl. The second kappa shape index (κ2) is 13.3. The molecule has 8 nitrogen and oxygen atoms in total. The van der Waals surface area contributed by atoms with Gasteiger partial charge in [-0.15, -0.1) is 0 Å². The van der Waals surface area contributed by atoms with Crippen LogP contribution in [-0.4, -0.2) is 67.5 Å². The number of hydrogen-bond acceptors (Lipinski definition) is 6. The molecule has 3 aromatic rings. The molecule has 2 aliphatic heterocycles. The average Bonchev–Trinajstić information content (AvgIpc) is 3.03. The van der Waals surface area contributed by atoms with Crippen LogP contribution < -0.4 is 9.64 Å². The molecule has 2 aliphatic rings. The van der Waals surface area contributed by atoms with Crippen LogP contribution in [0.25, 0.3) is 0 Å². The van der Waals surface area contributed by atoms with Crippen molar-refractivity contribution in [2.75, 3.05) is 44.8 Å². The lowest BCUT2D eigenvalue weighted by Gasteiger charge is -2.36. The Morgan fingerprint density at radius 1 is 0.930 bits per heavy atom. The second-order valence-corrected chi connectivity index (χ2v) is 11.0. The largest absolute Gasteiger partial charge is 0.495 e. The van der Waals surface area contributed by atoms with Crippen molar-refractivity contribution in [3.05, 3.63) is 106 Å². The minimum Gasteiger partial charge on any atom is -0.495 e. The van der Waals surface area contributed by atoms with Gasteiger partial charge in [0.2, 0.25) is 5.91 Å². The van der Waals surface area contributed by atoms with Gasteiger partial charge in [0.25, 0.3) is 5.91 Å². The summed E-state index contributed by atoms with van der Waals surface area (Å²) in [6.07, 6.45) is 0.104. The monoisotopic (exact) mass is 601 g/mol. The Kier molecular flexibility index (Phi) is 9.36. The fourth-order valence-corrected chi connectivity index (χ4v) is 6.13. The number of nitrogens with zero attached hydrogens (tertiary/aromatic N) is 3. The Balaban J connectivity index is 1.29. The number of allylic oxidation sites excluding steroid dienone is 1. The topological polar surface area (TPSA) is 79.4 Å². The molecule has 0 radical (unpaired) electrons. The van der Waals surface area contributed by atoms with Gasteiger partial charge < -0.3 is 24.2 Å². The molecule has 1 unspecified atom stereocenters. The Morgan fingerprint density at radius 2 is 1.60 bits per heavy atom. The molecule has 0 aliphatic carbocycles. The molecule has 43 heavy (non-hydrogen) atoms. The number of anilines is 1. The number of para-hydroxylation sites is 2. The van der Waals surface area contributed by atoms with E-state index in [1.165, 1.54) is 0 Å². The summed E-state index contributed by atoms with van der Waals surface area (Å²) in [4.78, 5) is 45.5. The predicted molar refractivity (Wildman–Crippen MR) is 166 cm³/mol. The zero-order valence-electron chi connectivity index (χ0n) is 24.7. The van der Waals surface area contributed by atoms with E-state index in [1.54, 1.807) is 44.1 Å². The average molecular weight is 602 g/mol. The number of piperazine rings is 1. The van der Waals surface area contributed by atoms with Crippen LogP contribution in [0.5, 0.6) is 5.75 Å². The van der Waals surface area contributed by atoms with E-state index in [0.717, 1.165) is 22.6 Å². The van der Waals surface area contributed by atoms with E-state index in [2.05, 4.69) is 4.90 Å². The highest BCUT2D eigenvalue weighted by molar-refractivity contribution is 6.31. The molecule has 9 heteroatoms. The number of carbonyl (C=O) groups excluding carboxylic acids is 3. The maximum Gasteiger partial charge on any atom is 0.336 e. The summed E-state index contributed by atoms with van der Waals surface area (Å²) in [7, 11) is 1.66. The lowest BCUT2D eigenvalue weighted by atomic mass is 9.83. The summed E-state index contributed by atoms with van der Waals surface area (Å²) in [5, 5.41) is 0.504. The van der Waals surface area contributed by atoms with E-state index in [-0.39, 0.29) is 31.4 Å². The molecule has 5 rings (SSSR count). The van der Waals surface area contributed by atoms with Crippen molar-refractivity contribution in [3.8, 4) is 5.75 Å². The van der Waals surface area contributed by atoms with E-state index in [0.29, 0.717) is 48.0 Å². The molecular weight excluding hydrogens is 566 g/mol. The molecule has 0 spiro atoms. The first-order valence-corrected chi connectivity index (χ1v) is 14.9. The molecule has 1 atom stereocenters. The molecule has 3 aromatic carbocycles. The maximum atomic E-state index is 13.4. The summed E-state index contributed by atoms with van der Waals surface area (Å²) >= 11 is 6.47. The molecule has 2 amide bonds. The van der Waals surface area contributed by atoms with Crippen molar-refractivity contribution in [1.82, 2.24) is 9.80 Å². The fourth-order valence-electron chi connectivity index (χ4n) is 5.86. The van der Waals surface area contributed by atoms with Gasteiger partial charge in [0.15, 0.2) is 0 Å². The number of ether oxygens (including phenoxy) is 2. The van der Waals surface area contributed by atoms with E-state index >= 15 is 0 Å². The van der Waals surface area contributed by atoms with Crippen LogP contribution in [0.2, 0.25) is 5.02 Å². The fraction of sp³-hybridized carbons (Fsp3) is 0.324. The third kappa shape index (κ3) is 6.39. The molecule has 2 heterocycles. The normalized spacial score (nSPS) is 17.3. The van der Waals surface area contributed by atoms with Gasteiger partial charge in [0.05, 0.1) is 31.5 Å². The molecule has 1 fully saturated rings. The predicted octanol–water partition coefficient (Wildman–Crippen LogP) is 5.66. The van der Waals surface area contributed by atoms with Gasteiger partial charge in [-0.05, 0) is 55.3 Å². The minimum absolute atomic E-state index is 0.0245. The highest BCUT2D eigenvalue weighted by atomic mass is 35.5. The maximum absolute atomic E-state index is 13.4. The van der Waals surface area contributed by atoms with Crippen LogP contribution in [-0.2, 0) is 20.9 Å². The van der Waals surface area contributed by atoms with Crippen molar-refractivity contribution in [2.24, 2.45) is 0 Å². The number of benzene rings is 3. The van der Waals surface area contributed by atoms with Crippen molar-refractivity contribution in [2.45, 2.75) is 32.7 Å². The van der Waals surface area contributed by atoms with Crippen LogP contribution in [0.15, 0.2) is 84.1 Å². The van der Waals surface area contributed by atoms with Crippen molar-refractivity contribution >= 4 is 35.1 Å². The first-order chi connectivity index (χ1) is 20.8. The number of hydrogen-bond donors (Lipinski definition) is 0. The molecule has 1 saturated heterocycles. The Labute approximate surface area is 257 Å². The molecule has 0 aromatic heterocycles. The van der Waals surface area contributed by atoms with E-state index in [9.17, 15) is 14.4 Å². The van der Waals surface area contributed by atoms with Gasteiger partial charge >= 0.3 is 5.97 Å². The zero-order valence-corrected chi connectivity index (χ0v) is 25.5. The third-order valence-electron chi connectivity index (χ3n) is 8.13. The number of methoxy groups -OCH3 is 1. The Bertz CT molecular complexity index is 1530. The van der Waals surface area contributed by atoms with Crippen LogP contribution in [0.1, 0.15) is 47.7 Å². The van der Waals surface area contributed by atoms with Gasteiger partial charge in [-0.2, -0.15) is 0 Å². The number of rotatable bonds is 8. The van der Waals surface area contributed by atoms with E-state index in [1.807, 2.05) is 59.5 Å². The second-order valence-electron chi connectivity index (χ2n) is 10.6. The number of esters is 1. The smallest absolute Gasteiger partial charge is 0.336 e. The molecule has 0 bridgehead atoms. The van der Waals surface area contributed by atoms with Crippen molar-refractivity contribution in [3.63, 3.8) is 0 Å². The molecule has 224 valence electrons. The zero-order chi connectivity index (χ0) is 30.5. The van der Waals surface area contributed by atoms with Crippen molar-refractivity contribution < 1.29 is 23.9 Å². The van der Waals surface area contributed by atoms with Gasteiger partial charge in [0.1, 0.15) is 5.75 Å². The van der Waals surface area contributed by atoms with Crippen molar-refractivity contribution in [1.29, 1.82) is 0 Å². The number of amides is 2. The van der Waals surface area contributed by atoms with E-state index in [4.69, 9.17) is 21.1 Å².